The molecule has 2 heterocycles. The van der Waals surface area contributed by atoms with Crippen LogP contribution in [-0.2, 0) is 0 Å². The van der Waals surface area contributed by atoms with Crippen molar-refractivity contribution in [3.05, 3.63) is 65.5 Å². The summed E-state index contributed by atoms with van der Waals surface area (Å²) in [6, 6.07) is 17.5. The Kier molecular flexibility index (Phi) is 2.98. The van der Waals surface area contributed by atoms with Crippen LogP contribution in [0.3, 0.4) is 0 Å². The van der Waals surface area contributed by atoms with Gasteiger partial charge in [0.15, 0.2) is 5.82 Å². The number of nitrogens with zero attached hydrogens (tertiary/aromatic N) is 2. The van der Waals surface area contributed by atoms with Crippen LogP contribution in [0.4, 0.5) is 0 Å². The fourth-order valence-corrected chi connectivity index (χ4v) is 3.55. The molecule has 0 radical (unpaired) electrons. The molecule has 0 aliphatic heterocycles. The van der Waals surface area contributed by atoms with Gasteiger partial charge in [-0.2, -0.15) is 0 Å². The van der Waals surface area contributed by atoms with Gasteiger partial charge in [-0.1, -0.05) is 12.1 Å². The van der Waals surface area contributed by atoms with Crippen molar-refractivity contribution in [1.82, 2.24) is 9.55 Å². The molecule has 0 spiro atoms. The van der Waals surface area contributed by atoms with Gasteiger partial charge in [-0.25, -0.2) is 4.98 Å². The lowest BCUT2D eigenvalue weighted by molar-refractivity contribution is 0.475. The zero-order valence-electron chi connectivity index (χ0n) is 12.0. The average Bonchev–Trinajstić information content (AvgIpc) is 3.11. The minimum absolute atomic E-state index is 0.266. The van der Waals surface area contributed by atoms with Gasteiger partial charge in [0.25, 0.3) is 0 Å². The summed E-state index contributed by atoms with van der Waals surface area (Å²) in [6.45, 7) is 2.10. The number of aromatic hydroxyl groups is 1. The number of thiophene rings is 1. The molecule has 0 saturated heterocycles. The first-order chi connectivity index (χ1) is 10.7. The lowest BCUT2D eigenvalue weighted by atomic mass is 10.2. The van der Waals surface area contributed by atoms with E-state index in [1.165, 1.54) is 10.4 Å². The van der Waals surface area contributed by atoms with Crippen LogP contribution in [0.15, 0.2) is 60.0 Å². The molecule has 0 bridgehead atoms. The number of para-hydroxylation sites is 2. The quantitative estimate of drug-likeness (QED) is 0.579. The van der Waals surface area contributed by atoms with Crippen LogP contribution < -0.4 is 0 Å². The van der Waals surface area contributed by atoms with Crippen LogP contribution in [0.2, 0.25) is 0 Å². The molecule has 0 fully saturated rings. The van der Waals surface area contributed by atoms with Crippen molar-refractivity contribution < 1.29 is 5.11 Å². The highest BCUT2D eigenvalue weighted by molar-refractivity contribution is 7.13. The lowest BCUT2D eigenvalue weighted by Crippen LogP contribution is -1.96. The molecule has 2 aromatic heterocycles. The van der Waals surface area contributed by atoms with Crippen molar-refractivity contribution in [2.24, 2.45) is 0 Å². The summed E-state index contributed by atoms with van der Waals surface area (Å²) in [4.78, 5) is 6.00. The molecule has 22 heavy (non-hydrogen) atoms. The molecule has 2 aromatic carbocycles. The molecule has 0 aliphatic rings. The number of benzene rings is 2. The van der Waals surface area contributed by atoms with Crippen molar-refractivity contribution in [2.45, 2.75) is 6.92 Å². The maximum Gasteiger partial charge on any atom is 0.156 e. The second kappa shape index (κ2) is 5.00. The molecule has 3 nitrogen and oxygen atoms in total. The second-order valence-electron chi connectivity index (χ2n) is 5.21. The SMILES string of the molecule is Cc1ccsc1-c1nc2ccccc2n1-c1ccc(O)cc1. The molecule has 4 rings (SSSR count). The summed E-state index contributed by atoms with van der Waals surface area (Å²) in [7, 11) is 0. The zero-order chi connectivity index (χ0) is 15.1. The standard InChI is InChI=1S/C18H14N2OS/c1-12-10-11-22-17(12)18-19-15-4-2-3-5-16(15)20(18)13-6-8-14(21)9-7-13/h2-11,21H,1H3. The molecule has 0 saturated carbocycles. The highest BCUT2D eigenvalue weighted by atomic mass is 32.1. The summed E-state index contributed by atoms with van der Waals surface area (Å²) >= 11 is 1.70. The summed E-state index contributed by atoms with van der Waals surface area (Å²) in [5.41, 5.74) is 4.25. The van der Waals surface area contributed by atoms with E-state index in [2.05, 4.69) is 29.0 Å². The zero-order valence-corrected chi connectivity index (χ0v) is 12.8. The minimum Gasteiger partial charge on any atom is -0.508 e. The number of aromatic nitrogens is 2. The van der Waals surface area contributed by atoms with Crippen molar-refractivity contribution in [2.75, 3.05) is 0 Å². The maximum absolute atomic E-state index is 9.54. The summed E-state index contributed by atoms with van der Waals surface area (Å²) in [6.07, 6.45) is 0. The highest BCUT2D eigenvalue weighted by Gasteiger charge is 2.16. The third-order valence-electron chi connectivity index (χ3n) is 3.73. The number of imidazole rings is 1. The van der Waals surface area contributed by atoms with E-state index in [9.17, 15) is 5.11 Å². The van der Waals surface area contributed by atoms with Gasteiger partial charge in [0.1, 0.15) is 5.75 Å². The van der Waals surface area contributed by atoms with E-state index >= 15 is 0 Å². The van der Waals surface area contributed by atoms with Gasteiger partial charge in [0, 0.05) is 5.69 Å². The Bertz CT molecular complexity index is 951. The Hall–Kier alpha value is -2.59. The Morgan fingerprint density at radius 1 is 1.00 bits per heavy atom. The molecule has 0 aliphatic carbocycles. The van der Waals surface area contributed by atoms with Crippen molar-refractivity contribution in [1.29, 1.82) is 0 Å². The van der Waals surface area contributed by atoms with Crippen LogP contribution in [-0.4, -0.2) is 14.7 Å². The normalized spacial score (nSPS) is 11.1. The number of hydrogen-bond donors (Lipinski definition) is 1. The number of fused-ring (bicyclic) bond motifs is 1. The van der Waals surface area contributed by atoms with Gasteiger partial charge in [-0.3, -0.25) is 4.57 Å². The first kappa shape index (κ1) is 13.1. The molecular weight excluding hydrogens is 292 g/mol. The summed E-state index contributed by atoms with van der Waals surface area (Å²) in [5, 5.41) is 11.6. The third-order valence-corrected chi connectivity index (χ3v) is 4.75. The van der Waals surface area contributed by atoms with Crippen molar-refractivity contribution >= 4 is 22.4 Å². The number of hydrogen-bond acceptors (Lipinski definition) is 3. The monoisotopic (exact) mass is 306 g/mol. The molecule has 4 heteroatoms. The molecule has 0 unspecified atom stereocenters. The highest BCUT2D eigenvalue weighted by Crippen LogP contribution is 2.33. The fraction of sp³-hybridized carbons (Fsp3) is 0.0556. The topological polar surface area (TPSA) is 38.0 Å². The van der Waals surface area contributed by atoms with E-state index in [1.807, 2.05) is 30.3 Å². The van der Waals surface area contributed by atoms with E-state index in [0.29, 0.717) is 0 Å². The predicted octanol–water partition coefficient (Wildman–Crippen LogP) is 4.77. The van der Waals surface area contributed by atoms with Gasteiger partial charge in [0.05, 0.1) is 15.9 Å². The van der Waals surface area contributed by atoms with E-state index in [-0.39, 0.29) is 5.75 Å². The Balaban J connectivity index is 2.06. The van der Waals surface area contributed by atoms with Gasteiger partial charge < -0.3 is 5.11 Å². The van der Waals surface area contributed by atoms with Crippen molar-refractivity contribution in [3.8, 4) is 22.1 Å². The van der Waals surface area contributed by atoms with Crippen LogP contribution in [0.25, 0.3) is 27.4 Å². The van der Waals surface area contributed by atoms with Crippen LogP contribution in [0, 0.1) is 6.92 Å². The third kappa shape index (κ3) is 2.00. The predicted molar refractivity (Wildman–Crippen MR) is 90.8 cm³/mol. The van der Waals surface area contributed by atoms with E-state index in [4.69, 9.17) is 4.98 Å². The van der Waals surface area contributed by atoms with E-state index in [0.717, 1.165) is 22.5 Å². The van der Waals surface area contributed by atoms with Gasteiger partial charge >= 0.3 is 0 Å². The van der Waals surface area contributed by atoms with Crippen LogP contribution in [0.5, 0.6) is 5.75 Å². The maximum atomic E-state index is 9.54. The molecule has 4 aromatic rings. The average molecular weight is 306 g/mol. The minimum atomic E-state index is 0.266. The van der Waals surface area contributed by atoms with Gasteiger partial charge in [-0.05, 0) is 60.3 Å². The Morgan fingerprint density at radius 3 is 2.50 bits per heavy atom. The lowest BCUT2D eigenvalue weighted by Gasteiger charge is -2.09. The first-order valence-corrected chi connectivity index (χ1v) is 7.93. The van der Waals surface area contributed by atoms with Gasteiger partial charge in [-0.15, -0.1) is 11.3 Å². The molecule has 1 N–H and O–H groups in total. The molecule has 108 valence electrons. The summed E-state index contributed by atoms with van der Waals surface area (Å²) < 4.78 is 2.15. The Labute approximate surface area is 132 Å². The smallest absolute Gasteiger partial charge is 0.156 e. The number of rotatable bonds is 2. The molecule has 0 atom stereocenters. The van der Waals surface area contributed by atoms with Crippen LogP contribution in [0.1, 0.15) is 5.56 Å². The van der Waals surface area contributed by atoms with E-state index in [1.54, 1.807) is 23.5 Å². The largest absolute Gasteiger partial charge is 0.508 e. The first-order valence-electron chi connectivity index (χ1n) is 7.05. The molecular formula is C18H14N2OS. The fourth-order valence-electron chi connectivity index (χ4n) is 2.64. The molecule has 0 amide bonds. The van der Waals surface area contributed by atoms with Gasteiger partial charge in [0.2, 0.25) is 0 Å². The Morgan fingerprint density at radius 2 is 1.77 bits per heavy atom. The van der Waals surface area contributed by atoms with Crippen molar-refractivity contribution in [3.63, 3.8) is 0 Å². The number of phenols is 1. The van der Waals surface area contributed by atoms with E-state index < -0.39 is 0 Å². The second-order valence-corrected chi connectivity index (χ2v) is 6.12. The summed E-state index contributed by atoms with van der Waals surface area (Å²) in [5.74, 6) is 1.21. The number of aryl methyl sites for hydroxylation is 1. The number of phenolic OH excluding ortho intramolecular Hbond substituents is 1. The van der Waals surface area contributed by atoms with Crippen LogP contribution >= 0.6 is 11.3 Å².